The van der Waals surface area contributed by atoms with E-state index in [0.717, 1.165) is 0 Å². The Bertz CT molecular complexity index is 5480. The second-order valence-corrected chi connectivity index (χ2v) is 24.0. The van der Waals surface area contributed by atoms with Gasteiger partial charge in [-0.2, -0.15) is 0 Å². The molecule has 0 spiro atoms. The molecular weight excluding hydrogens is 1030 g/mol. The van der Waals surface area contributed by atoms with Gasteiger partial charge < -0.3 is 0 Å². The van der Waals surface area contributed by atoms with Crippen molar-refractivity contribution in [3.63, 3.8) is 0 Å². The minimum Gasteiger partial charge on any atom is -0.135 e. The highest BCUT2D eigenvalue weighted by Crippen LogP contribution is 2.48. The molecule has 0 aliphatic carbocycles. The van der Waals surface area contributed by atoms with Gasteiger partial charge in [-0.3, -0.25) is 0 Å². The quantitative estimate of drug-likeness (QED) is 0.140. The Morgan fingerprint density at radius 1 is 0.171 bits per heavy atom. The van der Waals surface area contributed by atoms with Gasteiger partial charge in [0.05, 0.1) is 0 Å². The van der Waals surface area contributed by atoms with Crippen molar-refractivity contribution in [2.45, 2.75) is 0 Å². The molecule has 15 aromatic carbocycles. The monoisotopic (exact) mass is 1070 g/mol. The molecule has 0 aliphatic rings. The summed E-state index contributed by atoms with van der Waals surface area (Å²) < 4.78 is 5.27. The van der Waals surface area contributed by atoms with Gasteiger partial charge in [-0.05, 0) is 186 Å². The van der Waals surface area contributed by atoms with Crippen molar-refractivity contribution in [2.75, 3.05) is 0 Å². The van der Waals surface area contributed by atoms with E-state index in [1.54, 1.807) is 0 Å². The SMILES string of the molecule is c1cc(-c2cccc(-c3cccc4c3sc3ccccc34)c2)cc(-c2ccc3cc(-c4cccc5sc6c(-c7cccc(-c8cccc(-c9ccc%10ccc%11c%12ccccc%12ccc%11c%10c9)c8)c7)cccc6c45)c4ccccc4c3c2)c1. The van der Waals surface area contributed by atoms with Crippen LogP contribution in [0, 0.1) is 0 Å². The minimum absolute atomic E-state index is 1.21. The fourth-order valence-corrected chi connectivity index (χ4v) is 15.8. The maximum Gasteiger partial charge on any atom is 0.0434 e. The Balaban J connectivity index is 0.711. The van der Waals surface area contributed by atoms with Gasteiger partial charge in [0.2, 0.25) is 0 Å². The molecule has 380 valence electrons. The van der Waals surface area contributed by atoms with E-state index >= 15 is 0 Å². The van der Waals surface area contributed by atoms with Crippen LogP contribution in [0.2, 0.25) is 0 Å². The molecule has 2 heterocycles. The number of fused-ring (bicyclic) bond motifs is 14. The highest BCUT2D eigenvalue weighted by molar-refractivity contribution is 7.26. The lowest BCUT2D eigenvalue weighted by Crippen LogP contribution is -1.87. The predicted molar refractivity (Wildman–Crippen MR) is 358 cm³/mol. The van der Waals surface area contributed by atoms with E-state index in [0.29, 0.717) is 0 Å². The van der Waals surface area contributed by atoms with Gasteiger partial charge in [0.25, 0.3) is 0 Å². The molecule has 0 unspecified atom stereocenters. The smallest absolute Gasteiger partial charge is 0.0434 e. The van der Waals surface area contributed by atoms with Gasteiger partial charge in [-0.15, -0.1) is 22.7 Å². The molecule has 0 N–H and O–H groups in total. The summed E-state index contributed by atoms with van der Waals surface area (Å²) in [7, 11) is 0. The highest BCUT2D eigenvalue weighted by atomic mass is 32.1. The van der Waals surface area contributed by atoms with Crippen molar-refractivity contribution in [1.82, 2.24) is 0 Å². The Labute approximate surface area is 482 Å². The summed E-state index contributed by atoms with van der Waals surface area (Å²) >= 11 is 3.79. The zero-order valence-corrected chi connectivity index (χ0v) is 46.2. The molecule has 0 aliphatic heterocycles. The van der Waals surface area contributed by atoms with Crippen molar-refractivity contribution < 1.29 is 0 Å². The molecule has 17 aromatic rings. The molecule has 0 atom stereocenters. The molecule has 2 heteroatoms. The maximum atomic E-state index is 2.43. The summed E-state index contributed by atoms with van der Waals surface area (Å²) in [6.45, 7) is 0. The first-order chi connectivity index (χ1) is 40.6. The van der Waals surface area contributed by atoms with Crippen LogP contribution in [0.25, 0.3) is 172 Å². The predicted octanol–water partition coefficient (Wildman–Crippen LogP) is 23.9. The van der Waals surface area contributed by atoms with Crippen molar-refractivity contribution >= 4 is 117 Å². The van der Waals surface area contributed by atoms with E-state index in [1.807, 2.05) is 22.7 Å². The van der Waals surface area contributed by atoms with E-state index in [-0.39, 0.29) is 0 Å². The van der Waals surface area contributed by atoms with Crippen LogP contribution in [0.1, 0.15) is 0 Å². The summed E-state index contributed by atoms with van der Waals surface area (Å²) in [6, 6.07) is 109. The van der Waals surface area contributed by atoms with Gasteiger partial charge in [0, 0.05) is 40.3 Å². The van der Waals surface area contributed by atoms with Gasteiger partial charge >= 0.3 is 0 Å². The molecule has 0 bridgehead atoms. The summed E-state index contributed by atoms with van der Waals surface area (Å²) in [5.41, 5.74) is 17.2. The number of benzene rings is 15. The minimum atomic E-state index is 1.21. The van der Waals surface area contributed by atoms with Crippen LogP contribution in [-0.4, -0.2) is 0 Å². The summed E-state index contributed by atoms with van der Waals surface area (Å²) in [4.78, 5) is 0. The standard InChI is InChI=1S/C80H48S2/c1-2-23-62-49(14-1)38-41-68-67(62)40-39-50-34-35-57(46-73(50)68)53-17-7-15-51(42-53)56-20-10-22-60(45-56)64-28-12-31-72-78-70(29-13-33-77(78)82-80(64)72)75-48-61-37-36-58(47-74(61)65-24-3-4-25-66(65)75)54-18-8-16-52(43-54)55-19-9-21-59(44-55)63-27-11-30-71-69-26-5-6-32-76(69)81-79(63)71/h1-48H. The Morgan fingerprint density at radius 2 is 0.561 bits per heavy atom. The third kappa shape index (κ3) is 7.64. The maximum absolute atomic E-state index is 2.43. The van der Waals surface area contributed by atoms with Gasteiger partial charge in [0.1, 0.15) is 0 Å². The molecule has 2 aromatic heterocycles. The first-order valence-electron chi connectivity index (χ1n) is 28.2. The second kappa shape index (κ2) is 18.8. The van der Waals surface area contributed by atoms with Crippen molar-refractivity contribution in [2.24, 2.45) is 0 Å². The van der Waals surface area contributed by atoms with Gasteiger partial charge in [0.15, 0.2) is 0 Å². The Kier molecular flexibility index (Phi) is 10.8. The highest BCUT2D eigenvalue weighted by Gasteiger charge is 2.19. The first-order valence-corrected chi connectivity index (χ1v) is 29.8. The van der Waals surface area contributed by atoms with Gasteiger partial charge in [-0.25, -0.2) is 0 Å². The summed E-state index contributed by atoms with van der Waals surface area (Å²) in [5.74, 6) is 0. The zero-order chi connectivity index (χ0) is 53.8. The average Bonchev–Trinajstić information content (AvgIpc) is 4.06. The van der Waals surface area contributed by atoms with Gasteiger partial charge in [-0.1, -0.05) is 237 Å². The zero-order valence-electron chi connectivity index (χ0n) is 44.5. The molecule has 0 radical (unpaired) electrons. The Hall–Kier alpha value is -9.96. The number of hydrogen-bond acceptors (Lipinski definition) is 2. The third-order valence-electron chi connectivity index (χ3n) is 17.2. The van der Waals surface area contributed by atoms with Crippen LogP contribution < -0.4 is 0 Å². The fraction of sp³-hybridized carbons (Fsp3) is 0. The first kappa shape index (κ1) is 46.9. The number of rotatable bonds is 7. The number of thiophene rings is 2. The molecule has 82 heavy (non-hydrogen) atoms. The largest absolute Gasteiger partial charge is 0.135 e. The van der Waals surface area contributed by atoms with Crippen LogP contribution in [0.5, 0.6) is 0 Å². The van der Waals surface area contributed by atoms with Crippen molar-refractivity contribution in [3.8, 4) is 77.9 Å². The van der Waals surface area contributed by atoms with Crippen LogP contribution in [-0.2, 0) is 0 Å². The Morgan fingerprint density at radius 3 is 1.22 bits per heavy atom. The van der Waals surface area contributed by atoms with Crippen LogP contribution in [0.3, 0.4) is 0 Å². The molecule has 0 nitrogen and oxygen atoms in total. The summed E-state index contributed by atoms with van der Waals surface area (Å²) in [6.07, 6.45) is 0. The van der Waals surface area contributed by atoms with Crippen LogP contribution in [0.15, 0.2) is 291 Å². The van der Waals surface area contributed by atoms with Crippen LogP contribution in [0.4, 0.5) is 0 Å². The van der Waals surface area contributed by atoms with Crippen molar-refractivity contribution in [3.05, 3.63) is 291 Å². The average molecular weight is 1070 g/mol. The molecule has 0 saturated carbocycles. The number of hydrogen-bond donors (Lipinski definition) is 0. The fourth-order valence-electron chi connectivity index (χ4n) is 13.3. The lowest BCUT2D eigenvalue weighted by Gasteiger charge is -2.14. The normalized spacial score (nSPS) is 11.9. The van der Waals surface area contributed by atoms with E-state index in [2.05, 4.69) is 291 Å². The molecule has 0 fully saturated rings. The third-order valence-corrected chi connectivity index (χ3v) is 19.7. The van der Waals surface area contributed by atoms with Crippen molar-refractivity contribution in [1.29, 1.82) is 0 Å². The lowest BCUT2D eigenvalue weighted by molar-refractivity contribution is 1.59. The lowest BCUT2D eigenvalue weighted by atomic mass is 9.89. The molecular formula is C80H48S2. The topological polar surface area (TPSA) is 0 Å². The van der Waals surface area contributed by atoms with E-state index < -0.39 is 0 Å². The van der Waals surface area contributed by atoms with Crippen LogP contribution >= 0.6 is 22.7 Å². The van der Waals surface area contributed by atoms with E-state index in [4.69, 9.17) is 0 Å². The summed E-state index contributed by atoms with van der Waals surface area (Å²) in [5, 5.41) is 18.0. The van der Waals surface area contributed by atoms with E-state index in [1.165, 1.54) is 172 Å². The molecule has 0 amide bonds. The molecule has 0 saturated heterocycles. The second-order valence-electron chi connectivity index (χ2n) is 21.9. The molecule has 17 rings (SSSR count). The van der Waals surface area contributed by atoms with E-state index in [9.17, 15) is 0 Å².